The SMILES string of the molecule is COC[C@@H]1O[C@@H](O)[C@@H](OC)[C@H](OC)[C@H]1OC. The third kappa shape index (κ3) is 2.71. The van der Waals surface area contributed by atoms with Gasteiger partial charge in [0.05, 0.1) is 6.61 Å². The van der Waals surface area contributed by atoms with Gasteiger partial charge in [0, 0.05) is 28.4 Å². The van der Waals surface area contributed by atoms with Gasteiger partial charge in [-0.2, -0.15) is 0 Å². The molecule has 1 aliphatic heterocycles. The minimum atomic E-state index is -1.04. The topological polar surface area (TPSA) is 66.4 Å². The maximum absolute atomic E-state index is 9.74. The molecule has 0 spiro atoms. The third-order valence-electron chi connectivity index (χ3n) is 2.76. The van der Waals surface area contributed by atoms with E-state index >= 15 is 0 Å². The molecule has 0 bridgehead atoms. The van der Waals surface area contributed by atoms with Crippen LogP contribution in [-0.4, -0.2) is 70.9 Å². The van der Waals surface area contributed by atoms with Crippen molar-refractivity contribution in [1.82, 2.24) is 0 Å². The van der Waals surface area contributed by atoms with Crippen LogP contribution in [0.2, 0.25) is 0 Å². The molecular formula is C10H20O6. The van der Waals surface area contributed by atoms with Crippen LogP contribution >= 0.6 is 0 Å². The van der Waals surface area contributed by atoms with Crippen LogP contribution in [-0.2, 0) is 23.7 Å². The molecule has 5 atom stereocenters. The molecule has 96 valence electrons. The minimum absolute atomic E-state index is 0.325. The summed E-state index contributed by atoms with van der Waals surface area (Å²) in [6.07, 6.45) is -2.71. The van der Waals surface area contributed by atoms with Crippen molar-refractivity contribution in [3.8, 4) is 0 Å². The van der Waals surface area contributed by atoms with Crippen LogP contribution in [0.25, 0.3) is 0 Å². The second-order valence-corrected chi connectivity index (χ2v) is 3.62. The molecule has 1 aliphatic rings. The Kier molecular flexibility index (Phi) is 5.60. The lowest BCUT2D eigenvalue weighted by Crippen LogP contribution is -2.60. The largest absolute Gasteiger partial charge is 0.382 e. The normalized spacial score (nSPS) is 39.9. The van der Waals surface area contributed by atoms with Gasteiger partial charge in [-0.3, -0.25) is 0 Å². The van der Waals surface area contributed by atoms with Crippen molar-refractivity contribution >= 4 is 0 Å². The minimum Gasteiger partial charge on any atom is -0.382 e. The number of hydrogen-bond donors (Lipinski definition) is 1. The lowest BCUT2D eigenvalue weighted by Gasteiger charge is -2.42. The van der Waals surface area contributed by atoms with Crippen LogP contribution < -0.4 is 0 Å². The van der Waals surface area contributed by atoms with Gasteiger partial charge in [0.25, 0.3) is 0 Å². The Balaban J connectivity index is 2.78. The summed E-state index contributed by atoms with van der Waals surface area (Å²) in [4.78, 5) is 0. The van der Waals surface area contributed by atoms with E-state index in [0.717, 1.165) is 0 Å². The van der Waals surface area contributed by atoms with Gasteiger partial charge in [-0.15, -0.1) is 0 Å². The monoisotopic (exact) mass is 236 g/mol. The van der Waals surface area contributed by atoms with E-state index in [4.69, 9.17) is 23.7 Å². The first-order valence-electron chi connectivity index (χ1n) is 5.10. The smallest absolute Gasteiger partial charge is 0.184 e. The lowest BCUT2D eigenvalue weighted by atomic mass is 9.98. The van der Waals surface area contributed by atoms with Gasteiger partial charge in [0.2, 0.25) is 0 Å². The van der Waals surface area contributed by atoms with Gasteiger partial charge in [-0.1, -0.05) is 0 Å². The van der Waals surface area contributed by atoms with E-state index in [2.05, 4.69) is 0 Å². The number of hydrogen-bond acceptors (Lipinski definition) is 6. The summed E-state index contributed by atoms with van der Waals surface area (Å²) < 4.78 is 26.1. The number of methoxy groups -OCH3 is 4. The molecule has 0 saturated carbocycles. The van der Waals surface area contributed by atoms with E-state index < -0.39 is 12.4 Å². The fourth-order valence-corrected chi connectivity index (χ4v) is 2.00. The van der Waals surface area contributed by atoms with Crippen LogP contribution in [0.5, 0.6) is 0 Å². The molecule has 16 heavy (non-hydrogen) atoms. The average molecular weight is 236 g/mol. The van der Waals surface area contributed by atoms with Crippen LogP contribution in [0.3, 0.4) is 0 Å². The number of ether oxygens (including phenoxy) is 5. The van der Waals surface area contributed by atoms with Crippen molar-refractivity contribution in [3.05, 3.63) is 0 Å². The summed E-state index contributed by atoms with van der Waals surface area (Å²) in [5.41, 5.74) is 0. The molecule has 1 heterocycles. The summed E-state index contributed by atoms with van der Waals surface area (Å²) >= 11 is 0. The van der Waals surface area contributed by atoms with E-state index in [1.165, 1.54) is 7.11 Å². The molecule has 1 rings (SSSR count). The van der Waals surface area contributed by atoms with E-state index in [0.29, 0.717) is 6.61 Å². The molecule has 0 radical (unpaired) electrons. The van der Waals surface area contributed by atoms with Crippen LogP contribution in [0.1, 0.15) is 0 Å². The molecule has 6 heteroatoms. The van der Waals surface area contributed by atoms with Gasteiger partial charge in [-0.05, 0) is 0 Å². The zero-order valence-corrected chi connectivity index (χ0v) is 10.1. The van der Waals surface area contributed by atoms with Crippen LogP contribution in [0, 0.1) is 0 Å². The molecule has 1 fully saturated rings. The quantitative estimate of drug-likeness (QED) is 0.687. The molecule has 0 unspecified atom stereocenters. The van der Waals surface area contributed by atoms with E-state index in [-0.39, 0.29) is 18.3 Å². The average Bonchev–Trinajstić information content (AvgIpc) is 2.28. The Hall–Kier alpha value is -0.240. The van der Waals surface area contributed by atoms with E-state index in [1.807, 2.05) is 0 Å². The summed E-state index contributed by atoms with van der Waals surface area (Å²) in [5.74, 6) is 0. The number of rotatable bonds is 5. The van der Waals surface area contributed by atoms with E-state index in [1.54, 1.807) is 21.3 Å². The van der Waals surface area contributed by atoms with Crippen LogP contribution in [0.15, 0.2) is 0 Å². The second kappa shape index (κ2) is 6.48. The third-order valence-corrected chi connectivity index (χ3v) is 2.76. The first-order chi connectivity index (χ1) is 7.69. The van der Waals surface area contributed by atoms with Crippen molar-refractivity contribution in [2.45, 2.75) is 30.7 Å². The maximum atomic E-state index is 9.74. The predicted molar refractivity (Wildman–Crippen MR) is 55.1 cm³/mol. The Bertz CT molecular complexity index is 200. The number of aliphatic hydroxyl groups is 1. The zero-order chi connectivity index (χ0) is 12.1. The second-order valence-electron chi connectivity index (χ2n) is 3.62. The Morgan fingerprint density at radius 2 is 1.50 bits per heavy atom. The lowest BCUT2D eigenvalue weighted by molar-refractivity contribution is -0.300. The predicted octanol–water partition coefficient (Wildman–Crippen LogP) is -0.605. The highest BCUT2D eigenvalue weighted by molar-refractivity contribution is 4.91. The standard InChI is InChI=1S/C10H20O6/c1-12-5-6-7(13-2)8(14-3)9(15-4)10(11)16-6/h6-11H,5H2,1-4H3/t6-,7-,8+,9-,10+/m0/s1. The van der Waals surface area contributed by atoms with Crippen LogP contribution in [0.4, 0.5) is 0 Å². The van der Waals surface area contributed by atoms with Crippen molar-refractivity contribution in [2.24, 2.45) is 0 Å². The number of aliphatic hydroxyl groups excluding tert-OH is 1. The highest BCUT2D eigenvalue weighted by Crippen LogP contribution is 2.25. The van der Waals surface area contributed by atoms with Crippen molar-refractivity contribution in [3.63, 3.8) is 0 Å². The Labute approximate surface area is 95.4 Å². The summed E-state index contributed by atoms with van der Waals surface area (Å²) in [5, 5.41) is 9.74. The molecule has 0 aromatic heterocycles. The highest BCUT2D eigenvalue weighted by Gasteiger charge is 2.46. The molecule has 0 amide bonds. The van der Waals surface area contributed by atoms with Crippen molar-refractivity contribution < 1.29 is 28.8 Å². The molecule has 0 aliphatic carbocycles. The molecule has 0 aromatic rings. The van der Waals surface area contributed by atoms with Gasteiger partial charge in [0.1, 0.15) is 24.4 Å². The molecule has 1 saturated heterocycles. The fraction of sp³-hybridized carbons (Fsp3) is 1.00. The maximum Gasteiger partial charge on any atom is 0.184 e. The fourth-order valence-electron chi connectivity index (χ4n) is 2.00. The Morgan fingerprint density at radius 1 is 0.938 bits per heavy atom. The first kappa shape index (κ1) is 13.8. The van der Waals surface area contributed by atoms with E-state index in [9.17, 15) is 5.11 Å². The zero-order valence-electron chi connectivity index (χ0n) is 10.1. The van der Waals surface area contributed by atoms with Gasteiger partial charge in [0.15, 0.2) is 6.29 Å². The summed E-state index contributed by atoms with van der Waals surface area (Å²) in [7, 11) is 6.16. The van der Waals surface area contributed by atoms with Gasteiger partial charge < -0.3 is 28.8 Å². The molecule has 1 N–H and O–H groups in total. The van der Waals surface area contributed by atoms with Crippen molar-refractivity contribution in [2.75, 3.05) is 35.0 Å². The highest BCUT2D eigenvalue weighted by atomic mass is 16.7. The first-order valence-corrected chi connectivity index (χ1v) is 5.10. The Morgan fingerprint density at radius 3 is 1.94 bits per heavy atom. The van der Waals surface area contributed by atoms with Gasteiger partial charge >= 0.3 is 0 Å². The summed E-state index contributed by atoms with van der Waals surface area (Å²) in [6.45, 7) is 0.325. The summed E-state index contributed by atoms with van der Waals surface area (Å²) in [6, 6.07) is 0. The molecule has 6 nitrogen and oxygen atoms in total. The van der Waals surface area contributed by atoms with Crippen molar-refractivity contribution in [1.29, 1.82) is 0 Å². The molecule has 0 aromatic carbocycles. The van der Waals surface area contributed by atoms with Gasteiger partial charge in [-0.25, -0.2) is 0 Å². The molecular weight excluding hydrogens is 216 g/mol.